The van der Waals surface area contributed by atoms with Crippen molar-refractivity contribution in [1.82, 2.24) is 0 Å². The van der Waals surface area contributed by atoms with Gasteiger partial charge in [0.2, 0.25) is 0 Å². The highest BCUT2D eigenvalue weighted by Crippen LogP contribution is 2.29. The summed E-state index contributed by atoms with van der Waals surface area (Å²) in [7, 11) is 1.75. The molecule has 1 N–H and O–H groups in total. The summed E-state index contributed by atoms with van der Waals surface area (Å²) in [6, 6.07) is 21.7. The fourth-order valence-corrected chi connectivity index (χ4v) is 3.39. The second-order valence-electron chi connectivity index (χ2n) is 6.56. The Morgan fingerprint density at radius 2 is 1.80 bits per heavy atom. The SMILES string of the molecule is CCCCc1cc(N[C@H](C)c2cccc3ccccc23)ccc1OC. The van der Waals surface area contributed by atoms with Crippen molar-refractivity contribution in [3.05, 3.63) is 71.8 Å². The summed E-state index contributed by atoms with van der Waals surface area (Å²) in [5.74, 6) is 0.983. The van der Waals surface area contributed by atoms with E-state index in [4.69, 9.17) is 4.74 Å². The monoisotopic (exact) mass is 333 g/mol. The number of anilines is 1. The van der Waals surface area contributed by atoms with Crippen molar-refractivity contribution >= 4 is 16.5 Å². The number of ether oxygens (including phenoxy) is 1. The first-order valence-electron chi connectivity index (χ1n) is 9.14. The number of rotatable bonds is 7. The Labute approximate surface area is 150 Å². The molecule has 0 radical (unpaired) electrons. The molecule has 0 saturated carbocycles. The summed E-state index contributed by atoms with van der Waals surface area (Å²) in [6.07, 6.45) is 3.42. The Hall–Kier alpha value is -2.48. The highest BCUT2D eigenvalue weighted by Gasteiger charge is 2.11. The predicted octanol–water partition coefficient (Wildman–Crippen LogP) is 6.36. The Morgan fingerprint density at radius 3 is 2.60 bits per heavy atom. The minimum Gasteiger partial charge on any atom is -0.496 e. The smallest absolute Gasteiger partial charge is 0.122 e. The van der Waals surface area contributed by atoms with E-state index in [1.54, 1.807) is 7.11 Å². The lowest BCUT2D eigenvalue weighted by atomic mass is 9.99. The zero-order valence-corrected chi connectivity index (χ0v) is 15.4. The maximum absolute atomic E-state index is 5.52. The Balaban J connectivity index is 1.86. The highest BCUT2D eigenvalue weighted by molar-refractivity contribution is 5.86. The van der Waals surface area contributed by atoms with Crippen LogP contribution in [0.3, 0.4) is 0 Å². The van der Waals surface area contributed by atoms with Crippen LogP contribution in [0, 0.1) is 0 Å². The fourth-order valence-electron chi connectivity index (χ4n) is 3.39. The van der Waals surface area contributed by atoms with E-state index in [1.807, 2.05) is 0 Å². The highest BCUT2D eigenvalue weighted by atomic mass is 16.5. The number of methoxy groups -OCH3 is 1. The first-order valence-corrected chi connectivity index (χ1v) is 9.14. The van der Waals surface area contributed by atoms with Crippen LogP contribution in [0.5, 0.6) is 5.75 Å². The minimum absolute atomic E-state index is 0.235. The topological polar surface area (TPSA) is 21.3 Å². The van der Waals surface area contributed by atoms with Gasteiger partial charge in [0.05, 0.1) is 7.11 Å². The molecule has 0 aromatic heterocycles. The zero-order chi connectivity index (χ0) is 17.6. The lowest BCUT2D eigenvalue weighted by Crippen LogP contribution is -2.07. The molecule has 2 nitrogen and oxygen atoms in total. The van der Waals surface area contributed by atoms with Gasteiger partial charge < -0.3 is 10.1 Å². The quantitative estimate of drug-likeness (QED) is 0.543. The predicted molar refractivity (Wildman–Crippen MR) is 108 cm³/mol. The van der Waals surface area contributed by atoms with E-state index in [9.17, 15) is 0 Å². The molecule has 25 heavy (non-hydrogen) atoms. The van der Waals surface area contributed by atoms with Crippen LogP contribution < -0.4 is 10.1 Å². The average Bonchev–Trinajstić information content (AvgIpc) is 2.66. The summed E-state index contributed by atoms with van der Waals surface area (Å²) in [5.41, 5.74) is 3.75. The van der Waals surface area contributed by atoms with E-state index < -0.39 is 0 Å². The normalized spacial score (nSPS) is 12.1. The molecule has 0 bridgehead atoms. The van der Waals surface area contributed by atoms with Crippen LogP contribution >= 0.6 is 0 Å². The molecule has 3 aromatic carbocycles. The molecule has 0 aliphatic carbocycles. The van der Waals surface area contributed by atoms with Gasteiger partial charge in [-0.1, -0.05) is 55.8 Å². The summed E-state index contributed by atoms with van der Waals surface area (Å²) in [4.78, 5) is 0. The molecule has 0 aliphatic rings. The number of aryl methyl sites for hydroxylation is 1. The van der Waals surface area contributed by atoms with Gasteiger partial charge in [0.25, 0.3) is 0 Å². The second-order valence-corrected chi connectivity index (χ2v) is 6.56. The van der Waals surface area contributed by atoms with Gasteiger partial charge >= 0.3 is 0 Å². The molecule has 0 heterocycles. The maximum Gasteiger partial charge on any atom is 0.122 e. The molecular weight excluding hydrogens is 306 g/mol. The second kappa shape index (κ2) is 8.06. The van der Waals surface area contributed by atoms with Crippen molar-refractivity contribution in [2.24, 2.45) is 0 Å². The molecule has 0 spiro atoms. The lowest BCUT2D eigenvalue weighted by Gasteiger charge is -2.19. The lowest BCUT2D eigenvalue weighted by molar-refractivity contribution is 0.409. The third kappa shape index (κ3) is 3.96. The van der Waals surface area contributed by atoms with Gasteiger partial charge in [0.1, 0.15) is 5.75 Å². The van der Waals surface area contributed by atoms with Crippen molar-refractivity contribution in [2.75, 3.05) is 12.4 Å². The van der Waals surface area contributed by atoms with Gasteiger partial charge in [-0.3, -0.25) is 0 Å². The standard InChI is InChI=1S/C23H27NO/c1-4-5-9-19-16-20(14-15-23(19)25-3)24-17(2)21-13-8-11-18-10-6-7-12-22(18)21/h6-8,10-17,24H,4-5,9H2,1-3H3/t17-/m1/s1. The summed E-state index contributed by atoms with van der Waals surface area (Å²) >= 11 is 0. The number of hydrogen-bond donors (Lipinski definition) is 1. The number of benzene rings is 3. The van der Waals surface area contributed by atoms with Crippen LogP contribution in [-0.4, -0.2) is 7.11 Å². The van der Waals surface area contributed by atoms with Crippen molar-refractivity contribution in [2.45, 2.75) is 39.2 Å². The van der Waals surface area contributed by atoms with Crippen LogP contribution in [0.4, 0.5) is 5.69 Å². The molecule has 0 amide bonds. The number of nitrogens with one attached hydrogen (secondary N) is 1. The molecule has 0 fully saturated rings. The van der Waals surface area contributed by atoms with Gasteiger partial charge in [-0.15, -0.1) is 0 Å². The van der Waals surface area contributed by atoms with Crippen molar-refractivity contribution in [3.8, 4) is 5.75 Å². The number of unbranched alkanes of at least 4 members (excludes halogenated alkanes) is 1. The van der Waals surface area contributed by atoms with E-state index in [2.05, 4.69) is 79.8 Å². The van der Waals surface area contributed by atoms with Crippen LogP contribution in [0.2, 0.25) is 0 Å². The molecule has 0 aliphatic heterocycles. The van der Waals surface area contributed by atoms with E-state index >= 15 is 0 Å². The van der Waals surface area contributed by atoms with E-state index in [-0.39, 0.29) is 6.04 Å². The molecule has 2 heteroatoms. The van der Waals surface area contributed by atoms with Gasteiger partial charge in [-0.25, -0.2) is 0 Å². The van der Waals surface area contributed by atoms with Crippen molar-refractivity contribution in [1.29, 1.82) is 0 Å². The van der Waals surface area contributed by atoms with Crippen LogP contribution in [-0.2, 0) is 6.42 Å². The number of hydrogen-bond acceptors (Lipinski definition) is 2. The van der Waals surface area contributed by atoms with E-state index in [0.29, 0.717) is 0 Å². The van der Waals surface area contributed by atoms with Crippen molar-refractivity contribution < 1.29 is 4.74 Å². The van der Waals surface area contributed by atoms with Gasteiger partial charge in [0, 0.05) is 11.7 Å². The van der Waals surface area contributed by atoms with E-state index in [0.717, 1.165) is 17.9 Å². The fraction of sp³-hybridized carbons (Fsp3) is 0.304. The number of fused-ring (bicyclic) bond motifs is 1. The molecule has 0 saturated heterocycles. The molecule has 1 atom stereocenters. The zero-order valence-electron chi connectivity index (χ0n) is 15.4. The van der Waals surface area contributed by atoms with Gasteiger partial charge in [-0.05, 0) is 59.9 Å². The molecule has 3 aromatic rings. The third-order valence-electron chi connectivity index (χ3n) is 4.75. The van der Waals surface area contributed by atoms with Crippen LogP contribution in [0.15, 0.2) is 60.7 Å². The van der Waals surface area contributed by atoms with E-state index in [1.165, 1.54) is 34.7 Å². The van der Waals surface area contributed by atoms with Gasteiger partial charge in [0.15, 0.2) is 0 Å². The summed E-state index contributed by atoms with van der Waals surface area (Å²) < 4.78 is 5.52. The van der Waals surface area contributed by atoms with Crippen LogP contribution in [0.1, 0.15) is 43.9 Å². The first-order chi connectivity index (χ1) is 12.2. The van der Waals surface area contributed by atoms with Crippen molar-refractivity contribution in [3.63, 3.8) is 0 Å². The summed E-state index contributed by atoms with van der Waals surface area (Å²) in [6.45, 7) is 4.44. The molecule has 3 rings (SSSR count). The van der Waals surface area contributed by atoms with Gasteiger partial charge in [-0.2, -0.15) is 0 Å². The molecule has 0 unspecified atom stereocenters. The Bertz CT molecular complexity index is 835. The Morgan fingerprint density at radius 1 is 1.00 bits per heavy atom. The average molecular weight is 333 g/mol. The molecule has 130 valence electrons. The Kier molecular flexibility index (Phi) is 5.60. The first kappa shape index (κ1) is 17.3. The third-order valence-corrected chi connectivity index (χ3v) is 4.75. The maximum atomic E-state index is 5.52. The summed E-state index contributed by atoms with van der Waals surface area (Å²) in [5, 5.41) is 6.26. The molecular formula is C23H27NO. The minimum atomic E-state index is 0.235. The van der Waals surface area contributed by atoms with Crippen LogP contribution in [0.25, 0.3) is 10.8 Å². The largest absolute Gasteiger partial charge is 0.496 e.